The number of ether oxygens (including phenoxy) is 2. The third kappa shape index (κ3) is 7.91. The fourth-order valence-electron chi connectivity index (χ4n) is 4.82. The van der Waals surface area contributed by atoms with Crippen LogP contribution in [0, 0.1) is 11.3 Å². The van der Waals surface area contributed by atoms with Crippen LogP contribution in [-0.4, -0.2) is 93.4 Å². The molecule has 0 radical (unpaired) electrons. The second kappa shape index (κ2) is 12.0. The summed E-state index contributed by atoms with van der Waals surface area (Å²) in [6.45, 7) is 4.44. The first-order valence-corrected chi connectivity index (χ1v) is 14.2. The lowest BCUT2D eigenvalue weighted by molar-refractivity contribution is -0.140. The van der Waals surface area contributed by atoms with Gasteiger partial charge in [-0.2, -0.15) is 22.7 Å². The molecular weight excluding hydrogens is 521 g/mol. The van der Waals surface area contributed by atoms with Crippen LogP contribution >= 0.6 is 0 Å². The van der Waals surface area contributed by atoms with Crippen LogP contribution in [0.1, 0.15) is 16.7 Å². The fourth-order valence-corrected chi connectivity index (χ4v) is 5.64. The van der Waals surface area contributed by atoms with Gasteiger partial charge in [-0.25, -0.2) is 8.42 Å². The molecule has 2 fully saturated rings. The van der Waals surface area contributed by atoms with Crippen LogP contribution in [0.25, 0.3) is 0 Å². The molecule has 0 aliphatic carbocycles. The minimum atomic E-state index is -4.34. The van der Waals surface area contributed by atoms with E-state index in [0.717, 1.165) is 17.7 Å². The maximum Gasteiger partial charge on any atom is 0.416 e. The van der Waals surface area contributed by atoms with E-state index in [0.29, 0.717) is 57.1 Å². The highest BCUT2D eigenvalue weighted by atomic mass is 32.2. The van der Waals surface area contributed by atoms with Crippen molar-refractivity contribution in [3.8, 4) is 11.8 Å². The average molecular weight is 553 g/mol. The Morgan fingerprint density at radius 3 is 2.16 bits per heavy atom. The number of alkyl halides is 3. The van der Waals surface area contributed by atoms with Crippen molar-refractivity contribution in [3.05, 3.63) is 65.2 Å². The van der Waals surface area contributed by atoms with Crippen molar-refractivity contribution in [2.75, 3.05) is 58.7 Å². The Morgan fingerprint density at radius 1 is 1.00 bits per heavy atom. The first-order chi connectivity index (χ1) is 18.0. The Kier molecular flexibility index (Phi) is 8.95. The largest absolute Gasteiger partial charge is 0.492 e. The highest BCUT2D eigenvalue weighted by Gasteiger charge is 2.35. The highest BCUT2D eigenvalue weighted by Crippen LogP contribution is 2.29. The van der Waals surface area contributed by atoms with Crippen molar-refractivity contribution in [3.63, 3.8) is 0 Å². The maximum absolute atomic E-state index is 12.8. The summed E-state index contributed by atoms with van der Waals surface area (Å²) in [4.78, 5) is 4.40. The number of halogens is 3. The lowest BCUT2D eigenvalue weighted by atomic mass is 10.1. The number of morpholine rings is 2. The van der Waals surface area contributed by atoms with E-state index in [1.165, 1.54) is 22.7 Å². The molecule has 12 heteroatoms. The summed E-state index contributed by atoms with van der Waals surface area (Å²) in [5.74, 6) is 0.569. The van der Waals surface area contributed by atoms with E-state index in [1.807, 2.05) is 6.07 Å². The number of benzene rings is 2. The zero-order valence-electron chi connectivity index (χ0n) is 21.1. The van der Waals surface area contributed by atoms with Gasteiger partial charge in [0.05, 0.1) is 35.7 Å². The Morgan fingerprint density at radius 2 is 1.61 bits per heavy atom. The van der Waals surface area contributed by atoms with Gasteiger partial charge in [-0.3, -0.25) is 9.80 Å². The molecule has 2 aliphatic rings. The third-order valence-corrected chi connectivity index (χ3v) is 7.95. The topological polar surface area (TPSA) is 86.1 Å². The molecule has 0 aromatic heterocycles. The Bertz CT molecular complexity index is 1200. The molecule has 2 aromatic carbocycles. The van der Waals surface area contributed by atoms with Crippen molar-refractivity contribution < 1.29 is 31.1 Å². The number of nitriles is 1. The minimum absolute atomic E-state index is 0.0525. The smallest absolute Gasteiger partial charge is 0.416 e. The zero-order valence-corrected chi connectivity index (χ0v) is 21.9. The standard InChI is InChI=1S/C26H31F3N4O4S/c1-38(34,35)33(12-13-36-23-8-4-20(14-30)5-9-23)11-10-31-16-24-18-32(19-25(17-31)37-24)15-21-2-6-22(7-3-21)26(27,28)29/h2-9,24-25H,10-13,15-19H2,1H3. The van der Waals surface area contributed by atoms with Gasteiger partial charge in [-0.15, -0.1) is 0 Å². The molecule has 2 heterocycles. The van der Waals surface area contributed by atoms with E-state index in [-0.39, 0.29) is 25.4 Å². The summed E-state index contributed by atoms with van der Waals surface area (Å²) in [5.41, 5.74) is 0.689. The van der Waals surface area contributed by atoms with Crippen LogP contribution in [0.5, 0.6) is 5.75 Å². The molecule has 2 unspecified atom stereocenters. The van der Waals surface area contributed by atoms with E-state index in [2.05, 4.69) is 9.80 Å². The molecule has 2 bridgehead atoms. The van der Waals surface area contributed by atoms with Gasteiger partial charge in [-0.1, -0.05) is 12.1 Å². The molecule has 4 rings (SSSR count). The maximum atomic E-state index is 12.8. The third-order valence-electron chi connectivity index (χ3n) is 6.65. The normalized spacial score (nSPS) is 20.8. The van der Waals surface area contributed by atoms with Gasteiger partial charge in [0.25, 0.3) is 0 Å². The van der Waals surface area contributed by atoms with Crippen LogP contribution in [0.4, 0.5) is 13.2 Å². The van der Waals surface area contributed by atoms with E-state index < -0.39 is 21.8 Å². The molecule has 0 N–H and O–H groups in total. The summed E-state index contributed by atoms with van der Waals surface area (Å²) in [5, 5.41) is 8.88. The Hall–Kier alpha value is -2.69. The molecule has 2 aliphatic heterocycles. The number of hydrogen-bond donors (Lipinski definition) is 0. The van der Waals surface area contributed by atoms with E-state index in [1.54, 1.807) is 24.3 Å². The summed E-state index contributed by atoms with van der Waals surface area (Å²) in [6.07, 6.45) is -3.27. The number of nitrogens with zero attached hydrogens (tertiary/aromatic N) is 4. The van der Waals surface area contributed by atoms with E-state index >= 15 is 0 Å². The van der Waals surface area contributed by atoms with Crippen LogP contribution in [0.2, 0.25) is 0 Å². The predicted octanol–water partition coefficient (Wildman–Crippen LogP) is 2.80. The first-order valence-electron chi connectivity index (χ1n) is 12.3. The summed E-state index contributed by atoms with van der Waals surface area (Å²) < 4.78 is 76.3. The Balaban J connectivity index is 1.24. The molecule has 0 saturated carbocycles. The van der Waals surface area contributed by atoms with Crippen LogP contribution in [0.3, 0.4) is 0 Å². The molecule has 0 spiro atoms. The van der Waals surface area contributed by atoms with E-state index in [9.17, 15) is 21.6 Å². The van der Waals surface area contributed by atoms with Gasteiger partial charge in [0.15, 0.2) is 0 Å². The molecular formula is C26H31F3N4O4S. The van der Waals surface area contributed by atoms with Crippen LogP contribution in [0.15, 0.2) is 48.5 Å². The lowest BCUT2D eigenvalue weighted by Gasteiger charge is -2.46. The first kappa shape index (κ1) is 28.3. The molecule has 2 saturated heterocycles. The number of sulfonamides is 1. The molecule has 8 nitrogen and oxygen atoms in total. The molecule has 206 valence electrons. The fraction of sp³-hybridized carbons (Fsp3) is 0.500. The number of fused-ring (bicyclic) bond motifs is 2. The molecule has 0 amide bonds. The predicted molar refractivity (Wildman–Crippen MR) is 135 cm³/mol. The van der Waals surface area contributed by atoms with Crippen molar-refractivity contribution in [1.82, 2.24) is 14.1 Å². The van der Waals surface area contributed by atoms with Gasteiger partial charge >= 0.3 is 6.18 Å². The van der Waals surface area contributed by atoms with Crippen molar-refractivity contribution in [2.24, 2.45) is 0 Å². The van der Waals surface area contributed by atoms with Gasteiger partial charge in [0.1, 0.15) is 12.4 Å². The zero-order chi connectivity index (χ0) is 27.3. The Labute approximate surface area is 221 Å². The van der Waals surface area contributed by atoms with Gasteiger partial charge < -0.3 is 9.47 Å². The van der Waals surface area contributed by atoms with Crippen molar-refractivity contribution >= 4 is 10.0 Å². The van der Waals surface area contributed by atoms with Crippen molar-refractivity contribution in [1.29, 1.82) is 5.26 Å². The van der Waals surface area contributed by atoms with Gasteiger partial charge in [0, 0.05) is 52.4 Å². The number of rotatable bonds is 10. The molecule has 2 atom stereocenters. The number of hydrogen-bond acceptors (Lipinski definition) is 7. The summed E-state index contributed by atoms with van der Waals surface area (Å²) >= 11 is 0. The SMILES string of the molecule is CS(=O)(=O)N(CCOc1ccc(C#N)cc1)CCN1CC2CN(Cc3ccc(C(F)(F)F)cc3)CC(C1)O2. The average Bonchev–Trinajstić information content (AvgIpc) is 2.85. The van der Waals surface area contributed by atoms with E-state index in [4.69, 9.17) is 14.7 Å². The van der Waals surface area contributed by atoms with Gasteiger partial charge in [-0.05, 0) is 42.0 Å². The monoisotopic (exact) mass is 552 g/mol. The summed E-state index contributed by atoms with van der Waals surface area (Å²) in [7, 11) is -3.43. The quantitative estimate of drug-likeness (QED) is 0.448. The second-order valence-corrected chi connectivity index (χ2v) is 11.7. The van der Waals surface area contributed by atoms with Crippen molar-refractivity contribution in [2.45, 2.75) is 24.9 Å². The minimum Gasteiger partial charge on any atom is -0.492 e. The highest BCUT2D eigenvalue weighted by molar-refractivity contribution is 7.88. The van der Waals surface area contributed by atoms with Crippen LogP contribution in [-0.2, 0) is 27.5 Å². The van der Waals surface area contributed by atoms with Crippen LogP contribution < -0.4 is 4.74 Å². The molecule has 38 heavy (non-hydrogen) atoms. The molecule has 2 aromatic rings. The summed E-state index contributed by atoms with van der Waals surface area (Å²) in [6, 6.07) is 13.9. The lowest BCUT2D eigenvalue weighted by Crippen LogP contribution is -2.60. The second-order valence-electron chi connectivity index (χ2n) is 9.68. The van der Waals surface area contributed by atoms with Gasteiger partial charge in [0.2, 0.25) is 10.0 Å².